The van der Waals surface area contributed by atoms with Gasteiger partial charge in [0.2, 0.25) is 0 Å². The van der Waals surface area contributed by atoms with Crippen LogP contribution in [0.5, 0.6) is 0 Å². The molecule has 0 heterocycles. The lowest BCUT2D eigenvalue weighted by Gasteiger charge is -2.13. The molecule has 0 saturated carbocycles. The first-order chi connectivity index (χ1) is 10.6. The van der Waals surface area contributed by atoms with Crippen LogP contribution in [0.4, 0.5) is 26.3 Å². The number of nitrogens with zero attached hydrogens (tertiary/aromatic N) is 1. The zero-order valence-electron chi connectivity index (χ0n) is 11.5. The topological polar surface area (TPSA) is 23.8 Å². The third kappa shape index (κ3) is 4.03. The third-order valence-corrected chi connectivity index (χ3v) is 3.13. The largest absolute Gasteiger partial charge is 0.416 e. The standard InChI is InChI=1S/C16H9F6N/c17-15(18,19)13-3-1-2-11(8-13)12-6-10(4-5-23)7-14(9-12)16(20,21)22/h1-3,6-9H,4H2. The lowest BCUT2D eigenvalue weighted by atomic mass is 9.97. The van der Waals surface area contributed by atoms with Crippen molar-refractivity contribution in [2.24, 2.45) is 0 Å². The van der Waals surface area contributed by atoms with Crippen molar-refractivity contribution in [1.29, 1.82) is 5.26 Å². The van der Waals surface area contributed by atoms with Crippen LogP contribution >= 0.6 is 0 Å². The molecule has 1 nitrogen and oxygen atoms in total. The maximum Gasteiger partial charge on any atom is 0.416 e. The van der Waals surface area contributed by atoms with Gasteiger partial charge < -0.3 is 0 Å². The van der Waals surface area contributed by atoms with E-state index >= 15 is 0 Å². The molecule has 0 aromatic heterocycles. The first-order valence-electron chi connectivity index (χ1n) is 6.37. The molecule has 0 N–H and O–H groups in total. The van der Waals surface area contributed by atoms with Crippen molar-refractivity contribution in [2.45, 2.75) is 18.8 Å². The van der Waals surface area contributed by atoms with Crippen LogP contribution in [0.25, 0.3) is 11.1 Å². The molecule has 120 valence electrons. The minimum absolute atomic E-state index is 0.00474. The molecule has 0 radical (unpaired) electrons. The predicted octanol–water partition coefficient (Wildman–Crippen LogP) is 5.46. The van der Waals surface area contributed by atoms with Gasteiger partial charge in [0.1, 0.15) is 0 Å². The molecule has 0 aliphatic carbocycles. The van der Waals surface area contributed by atoms with E-state index in [-0.39, 0.29) is 23.1 Å². The summed E-state index contributed by atoms with van der Waals surface area (Å²) in [7, 11) is 0. The second-order valence-corrected chi connectivity index (χ2v) is 4.83. The van der Waals surface area contributed by atoms with Gasteiger partial charge in [0.25, 0.3) is 0 Å². The number of halogens is 6. The van der Waals surface area contributed by atoms with Crippen LogP contribution in [0, 0.1) is 11.3 Å². The van der Waals surface area contributed by atoms with Crippen molar-refractivity contribution >= 4 is 0 Å². The molecule has 0 atom stereocenters. The summed E-state index contributed by atoms with van der Waals surface area (Å²) in [5.74, 6) is 0. The zero-order chi connectivity index (χ0) is 17.3. The first-order valence-corrected chi connectivity index (χ1v) is 6.37. The van der Waals surface area contributed by atoms with Crippen molar-refractivity contribution in [3.8, 4) is 17.2 Å². The molecule has 2 rings (SSSR count). The monoisotopic (exact) mass is 329 g/mol. The van der Waals surface area contributed by atoms with Gasteiger partial charge in [-0.1, -0.05) is 18.2 Å². The van der Waals surface area contributed by atoms with Crippen LogP contribution < -0.4 is 0 Å². The second-order valence-electron chi connectivity index (χ2n) is 4.83. The van der Waals surface area contributed by atoms with Crippen molar-refractivity contribution in [3.05, 3.63) is 59.2 Å². The van der Waals surface area contributed by atoms with Crippen molar-refractivity contribution in [1.82, 2.24) is 0 Å². The Morgan fingerprint density at radius 3 is 1.96 bits per heavy atom. The van der Waals surface area contributed by atoms with E-state index in [2.05, 4.69) is 0 Å². The highest BCUT2D eigenvalue weighted by Crippen LogP contribution is 2.36. The zero-order valence-corrected chi connectivity index (χ0v) is 11.5. The van der Waals surface area contributed by atoms with Gasteiger partial charge in [-0.3, -0.25) is 0 Å². The summed E-state index contributed by atoms with van der Waals surface area (Å²) in [5, 5.41) is 8.65. The Morgan fingerprint density at radius 1 is 0.783 bits per heavy atom. The van der Waals surface area contributed by atoms with Gasteiger partial charge in [0.15, 0.2) is 0 Å². The maximum absolute atomic E-state index is 12.9. The summed E-state index contributed by atoms with van der Waals surface area (Å²) >= 11 is 0. The van der Waals surface area contributed by atoms with E-state index in [1.54, 1.807) is 6.07 Å². The van der Waals surface area contributed by atoms with Gasteiger partial charge in [-0.15, -0.1) is 0 Å². The van der Waals surface area contributed by atoms with Gasteiger partial charge in [0, 0.05) is 0 Å². The van der Waals surface area contributed by atoms with E-state index < -0.39 is 23.5 Å². The fourth-order valence-electron chi connectivity index (χ4n) is 2.09. The number of rotatable bonds is 2. The molecule has 2 aromatic rings. The van der Waals surface area contributed by atoms with Gasteiger partial charge in [0.05, 0.1) is 23.6 Å². The van der Waals surface area contributed by atoms with Crippen LogP contribution in [-0.4, -0.2) is 0 Å². The highest BCUT2D eigenvalue weighted by molar-refractivity contribution is 5.66. The highest BCUT2D eigenvalue weighted by Gasteiger charge is 2.32. The summed E-state index contributed by atoms with van der Waals surface area (Å²) in [5.41, 5.74) is -1.87. The Morgan fingerprint density at radius 2 is 1.39 bits per heavy atom. The van der Waals surface area contributed by atoms with E-state index in [9.17, 15) is 26.3 Å². The molecule has 23 heavy (non-hydrogen) atoms. The molecule has 0 amide bonds. The predicted molar refractivity (Wildman–Crippen MR) is 71.2 cm³/mol. The molecule has 0 spiro atoms. The number of alkyl halides is 6. The van der Waals surface area contributed by atoms with E-state index in [1.807, 2.05) is 0 Å². The molecule has 0 saturated heterocycles. The van der Waals surface area contributed by atoms with Crippen LogP contribution in [0.3, 0.4) is 0 Å². The van der Waals surface area contributed by atoms with E-state index in [0.717, 1.165) is 30.3 Å². The summed E-state index contributed by atoms with van der Waals surface area (Å²) in [4.78, 5) is 0. The molecule has 0 unspecified atom stereocenters. The summed E-state index contributed by atoms with van der Waals surface area (Å²) in [6.07, 6.45) is -9.51. The second kappa shape index (κ2) is 5.95. The summed E-state index contributed by atoms with van der Waals surface area (Å²) in [6.45, 7) is 0. The Bertz CT molecular complexity index is 752. The van der Waals surface area contributed by atoms with E-state index in [4.69, 9.17) is 5.26 Å². The number of hydrogen-bond acceptors (Lipinski definition) is 1. The average Bonchev–Trinajstić information content (AvgIpc) is 2.46. The fourth-order valence-corrected chi connectivity index (χ4v) is 2.09. The maximum atomic E-state index is 12.9. The number of nitriles is 1. The molecule has 2 aromatic carbocycles. The first kappa shape index (κ1) is 16.9. The Kier molecular flexibility index (Phi) is 4.37. The van der Waals surface area contributed by atoms with E-state index in [1.165, 1.54) is 12.1 Å². The fraction of sp³-hybridized carbons (Fsp3) is 0.188. The molecular weight excluding hydrogens is 320 g/mol. The van der Waals surface area contributed by atoms with Gasteiger partial charge in [-0.05, 0) is 41.0 Å². The summed E-state index contributed by atoms with van der Waals surface area (Å²) < 4.78 is 76.9. The lowest BCUT2D eigenvalue weighted by molar-refractivity contribution is -0.138. The smallest absolute Gasteiger partial charge is 0.198 e. The number of hydrogen-bond donors (Lipinski definition) is 0. The van der Waals surface area contributed by atoms with Gasteiger partial charge in [-0.2, -0.15) is 31.6 Å². The Labute approximate surface area is 127 Å². The lowest BCUT2D eigenvalue weighted by Crippen LogP contribution is -2.07. The molecule has 0 aliphatic rings. The average molecular weight is 329 g/mol. The normalized spacial score (nSPS) is 12.0. The SMILES string of the molecule is N#CCc1cc(-c2cccc(C(F)(F)F)c2)cc(C(F)(F)F)c1. The van der Waals surface area contributed by atoms with Crippen LogP contribution in [0.1, 0.15) is 16.7 Å². The van der Waals surface area contributed by atoms with Crippen LogP contribution in [-0.2, 0) is 18.8 Å². The molecule has 0 aliphatic heterocycles. The summed E-state index contributed by atoms with van der Waals surface area (Å²) in [6, 6.07) is 8.65. The van der Waals surface area contributed by atoms with Crippen LogP contribution in [0.2, 0.25) is 0 Å². The van der Waals surface area contributed by atoms with Crippen molar-refractivity contribution in [3.63, 3.8) is 0 Å². The highest BCUT2D eigenvalue weighted by atomic mass is 19.4. The minimum atomic E-state index is -4.65. The molecule has 0 fully saturated rings. The molecule has 7 heteroatoms. The van der Waals surface area contributed by atoms with E-state index in [0.29, 0.717) is 0 Å². The third-order valence-electron chi connectivity index (χ3n) is 3.13. The Balaban J connectivity index is 2.59. The van der Waals surface area contributed by atoms with Crippen molar-refractivity contribution < 1.29 is 26.3 Å². The van der Waals surface area contributed by atoms with Crippen molar-refractivity contribution in [2.75, 3.05) is 0 Å². The Hall–Kier alpha value is -2.49. The van der Waals surface area contributed by atoms with Crippen LogP contribution in [0.15, 0.2) is 42.5 Å². The number of benzene rings is 2. The van der Waals surface area contributed by atoms with Gasteiger partial charge >= 0.3 is 12.4 Å². The minimum Gasteiger partial charge on any atom is -0.198 e. The molecular formula is C16H9F6N. The quantitative estimate of drug-likeness (QED) is 0.671. The van der Waals surface area contributed by atoms with Gasteiger partial charge in [-0.25, -0.2) is 0 Å². The molecule has 0 bridgehead atoms.